The number of aromatic nitrogens is 4. The van der Waals surface area contributed by atoms with Crippen molar-refractivity contribution in [1.82, 2.24) is 15.0 Å². The summed E-state index contributed by atoms with van der Waals surface area (Å²) in [5, 5.41) is 48.9. The van der Waals surface area contributed by atoms with E-state index in [-0.39, 0.29) is 63.9 Å². The quantitative estimate of drug-likeness (QED) is 0.0264. The van der Waals surface area contributed by atoms with E-state index in [1.54, 1.807) is 0 Å². The molecule has 6 rings (SSSR count). The number of hydrogen-bond donors (Lipinski definition) is 7. The molecule has 27 nitrogen and oxygen atoms in total. The third-order valence-corrected chi connectivity index (χ3v) is 13.4. The average Bonchev–Trinajstić information content (AvgIpc) is 3.28. The van der Waals surface area contributed by atoms with Crippen molar-refractivity contribution in [3.8, 4) is 28.9 Å². The molecule has 0 bridgehead atoms. The number of fused-ring (bicyclic) bond motifs is 1. The molecule has 0 unspecified atom stereocenters. The number of aromatic carboxylic acids is 1. The number of ether oxygens (including phenoxy) is 2. The summed E-state index contributed by atoms with van der Waals surface area (Å²) in [6.07, 6.45) is 2.53. The molecule has 7 N–H and O–H groups in total. The van der Waals surface area contributed by atoms with Crippen molar-refractivity contribution >= 4 is 97.3 Å². The number of carboxylic acid groups (broad SMARTS) is 1. The summed E-state index contributed by atoms with van der Waals surface area (Å²) >= 11 is 0. The minimum Gasteiger partial charge on any atom is -0.506 e. The van der Waals surface area contributed by atoms with Gasteiger partial charge in [0, 0.05) is 59.0 Å². The molecule has 0 aliphatic rings. The van der Waals surface area contributed by atoms with E-state index in [1.807, 2.05) is 0 Å². The Morgan fingerprint density at radius 1 is 0.771 bits per heavy atom. The second kappa shape index (κ2) is 20.7. The van der Waals surface area contributed by atoms with Crippen molar-refractivity contribution in [1.29, 1.82) is 0 Å². The molecule has 2 aromatic heterocycles. The van der Waals surface area contributed by atoms with E-state index < -0.39 is 112 Å². The summed E-state index contributed by atoms with van der Waals surface area (Å²) < 4.78 is 142. The number of nitrogens with zero attached hydrogens (tertiary/aromatic N) is 9. The maximum Gasteiger partial charge on any atom is 0.444 e. The maximum absolute atomic E-state index is 13.2. The third-order valence-electron chi connectivity index (χ3n) is 9.44. The molecule has 2 heterocycles. The Morgan fingerprint density at radius 2 is 1.37 bits per heavy atom. The van der Waals surface area contributed by atoms with Crippen molar-refractivity contribution < 1.29 is 98.6 Å². The molecule has 0 atom stereocenters. The Bertz CT molecular complexity index is 3600. The minimum atomic E-state index is -5.49. The number of anilines is 3. The molecule has 0 aliphatic carbocycles. The van der Waals surface area contributed by atoms with E-state index in [1.165, 1.54) is 61.3 Å². The topological polar surface area (TPSA) is 401 Å². The monoisotopic (exact) mass is 1090 g/mol. The molecule has 0 amide bonds. The van der Waals surface area contributed by atoms with Gasteiger partial charge in [-0.05, 0) is 58.5 Å². The van der Waals surface area contributed by atoms with Gasteiger partial charge in [0.1, 0.15) is 38.3 Å². The maximum atomic E-state index is 13.2. The molecule has 373 valence electrons. The zero-order chi connectivity index (χ0) is 50.8. The van der Waals surface area contributed by atoms with E-state index in [9.17, 15) is 67.4 Å². The van der Waals surface area contributed by atoms with Crippen molar-refractivity contribution in [3.05, 3.63) is 90.6 Å². The number of rotatable bonds is 18. The number of methoxy groups -OCH3 is 2. The average molecular weight is 1100 g/mol. The van der Waals surface area contributed by atoms with Gasteiger partial charge >= 0.3 is 23.8 Å². The summed E-state index contributed by atoms with van der Waals surface area (Å²) in [6, 6.07) is 9.90. The summed E-state index contributed by atoms with van der Waals surface area (Å²) in [5.74, 6) is -4.30. The fraction of sp³-hybridized carbons (Fsp3) is 0.132. The molecule has 1 radical (unpaired) electrons. The Kier molecular flexibility index (Phi) is 15.9. The second-order valence-corrected chi connectivity index (χ2v) is 20.2. The number of nitrogens with one attached hydrogen (secondary N) is 1. The van der Waals surface area contributed by atoms with Crippen LogP contribution >= 0.6 is 0 Å². The van der Waals surface area contributed by atoms with Gasteiger partial charge in [0.15, 0.2) is 27.1 Å². The van der Waals surface area contributed by atoms with Gasteiger partial charge in [0.25, 0.3) is 30.4 Å². The van der Waals surface area contributed by atoms with Crippen LogP contribution in [0.25, 0.3) is 16.7 Å². The van der Waals surface area contributed by atoms with Crippen LogP contribution in [-0.2, 0) is 57.3 Å². The standard InChI is InChI=1S/C38H34N10O17S4.Cu/c1-5-66(53,54)15-14-47(2)37-40-36(41-38(42-37)48-12-10-20(11-13-48)35(51)52)39-24-8-7-22-23(34(24)69(61,62)63)17-31(68(58,59)60)32(33(22)50)46-44-26-19-30(65-4)29(64-3)18-25(26)43-45-27-16-21(67(55,56)57)6-9-28(27)49;/h5-13,16-19H,1,14-15H2,2-4H3,(H6-,39,40,41,42,43,44,45,46,49,50,51,52,55,56,57,58,59,60,61,62,63);/p+1. The first kappa shape index (κ1) is 53.7. The normalized spacial score (nSPS) is 12.2. The number of sulfone groups is 1. The number of hydrogen-bond acceptors (Lipinski definition) is 22. The van der Waals surface area contributed by atoms with Crippen LogP contribution in [0, 0.1) is 0 Å². The van der Waals surface area contributed by atoms with Crippen molar-refractivity contribution in [2.45, 2.75) is 14.7 Å². The van der Waals surface area contributed by atoms with Crippen molar-refractivity contribution in [3.63, 3.8) is 0 Å². The Hall–Kier alpha value is -7.29. The first-order chi connectivity index (χ1) is 32.2. The van der Waals surface area contributed by atoms with E-state index in [0.29, 0.717) is 6.07 Å². The second-order valence-electron chi connectivity index (χ2n) is 13.9. The van der Waals surface area contributed by atoms with E-state index >= 15 is 0 Å². The molecule has 0 spiro atoms. The molecule has 70 heavy (non-hydrogen) atoms. The first-order valence-electron chi connectivity index (χ1n) is 18.8. The number of carbonyl (C=O) groups is 1. The Balaban J connectivity index is 0.00000913. The van der Waals surface area contributed by atoms with E-state index in [4.69, 9.17) is 9.47 Å². The van der Waals surface area contributed by atoms with E-state index in [2.05, 4.69) is 47.3 Å². The van der Waals surface area contributed by atoms with Crippen LogP contribution in [0.5, 0.6) is 23.0 Å². The van der Waals surface area contributed by atoms with Crippen molar-refractivity contribution in [2.24, 2.45) is 20.5 Å². The zero-order valence-corrected chi connectivity index (χ0v) is 40.0. The van der Waals surface area contributed by atoms with E-state index in [0.717, 1.165) is 41.8 Å². The van der Waals surface area contributed by atoms with Crippen LogP contribution in [-0.4, -0.2) is 117 Å². The minimum absolute atomic E-state index is 0. The summed E-state index contributed by atoms with van der Waals surface area (Å²) in [4.78, 5) is 22.6. The number of benzene rings is 4. The first-order valence-corrected chi connectivity index (χ1v) is 24.8. The molecule has 0 saturated carbocycles. The Morgan fingerprint density at radius 3 is 1.91 bits per heavy atom. The number of aromatic hydroxyl groups is 2. The number of carboxylic acids is 1. The van der Waals surface area contributed by atoms with Gasteiger partial charge in [-0.25, -0.2) is 17.8 Å². The van der Waals surface area contributed by atoms with Crippen LogP contribution in [0.15, 0.2) is 120 Å². The molecule has 0 aliphatic heterocycles. The smallest absolute Gasteiger partial charge is 0.444 e. The predicted molar refractivity (Wildman–Crippen MR) is 240 cm³/mol. The predicted octanol–water partition coefficient (Wildman–Crippen LogP) is 4.73. The van der Waals surface area contributed by atoms with Crippen LogP contribution in [0.4, 0.5) is 40.3 Å². The van der Waals surface area contributed by atoms with Gasteiger partial charge in [-0.2, -0.15) is 25.3 Å². The summed E-state index contributed by atoms with van der Waals surface area (Å²) in [7, 11) is -15.5. The van der Waals surface area contributed by atoms with Gasteiger partial charge in [-0.1, -0.05) is 6.58 Å². The Labute approximate surface area is 407 Å². The number of azo groups is 2. The molecule has 32 heteroatoms. The third kappa shape index (κ3) is 12.1. The SMILES string of the molecule is C=CS(=O)(=O)CCN(C)c1nc(Nc2ccc3c(O)c(N=Nc4cc(OC)c(OC)cc4N=Nc4cc(S(=O)(=O)O)ccc4O)c(S(=O)(=O)O)cc3c2S(=O)(=O)O)nc(-[n+]2ccc(C(=O)O)cc2)n1.[Cu]. The van der Waals surface area contributed by atoms with Crippen LogP contribution in [0.1, 0.15) is 10.4 Å². The zero-order valence-electron chi connectivity index (χ0n) is 35.8. The van der Waals surface area contributed by atoms with Crippen LogP contribution < -0.4 is 24.3 Å². The number of phenolic OH excluding ortho intramolecular Hbond substituents is 2. The van der Waals surface area contributed by atoms with Crippen LogP contribution in [0.3, 0.4) is 0 Å². The fourth-order valence-electron chi connectivity index (χ4n) is 6.00. The van der Waals surface area contributed by atoms with Gasteiger partial charge < -0.3 is 35.0 Å². The van der Waals surface area contributed by atoms with Gasteiger partial charge in [-0.15, -0.1) is 25.4 Å². The summed E-state index contributed by atoms with van der Waals surface area (Å²) in [6.45, 7) is 3.06. The molecular weight excluding hydrogens is 1060 g/mol. The van der Waals surface area contributed by atoms with Crippen LogP contribution in [0.2, 0.25) is 0 Å². The largest absolute Gasteiger partial charge is 0.506 e. The molecular formula is C38H35CuN10O17S4+. The van der Waals surface area contributed by atoms with Crippen molar-refractivity contribution in [2.75, 3.05) is 43.8 Å². The summed E-state index contributed by atoms with van der Waals surface area (Å²) in [5.41, 5.74) is -2.72. The number of pyridine rings is 1. The molecule has 0 saturated heterocycles. The number of phenols is 2. The molecule has 4 aromatic carbocycles. The van der Waals surface area contributed by atoms with Gasteiger partial charge in [0.05, 0.1) is 48.5 Å². The fourth-order valence-corrected chi connectivity index (χ4v) is 8.69. The molecule has 0 fully saturated rings. The van der Waals surface area contributed by atoms with Gasteiger partial charge in [-0.3, -0.25) is 13.7 Å². The van der Waals surface area contributed by atoms with Gasteiger partial charge in [0.2, 0.25) is 0 Å². The molecule has 6 aromatic rings.